The first kappa shape index (κ1) is 22.6. The van der Waals surface area contributed by atoms with E-state index in [1.54, 1.807) is 30.6 Å². The molecule has 33 heavy (non-hydrogen) atoms. The summed E-state index contributed by atoms with van der Waals surface area (Å²) < 4.78 is 0. The summed E-state index contributed by atoms with van der Waals surface area (Å²) in [7, 11) is 0. The van der Waals surface area contributed by atoms with Gasteiger partial charge in [0.1, 0.15) is 0 Å². The Morgan fingerprint density at radius 2 is 1.73 bits per heavy atom. The van der Waals surface area contributed by atoms with Gasteiger partial charge in [0.15, 0.2) is 0 Å². The molecule has 2 amide bonds. The lowest BCUT2D eigenvalue weighted by atomic mass is 10.2. The molecule has 4 rings (SSSR count). The second kappa shape index (κ2) is 10.8. The zero-order valence-corrected chi connectivity index (χ0v) is 18.9. The highest BCUT2D eigenvalue weighted by molar-refractivity contribution is 6.34. The lowest BCUT2D eigenvalue weighted by Crippen LogP contribution is -2.37. The first-order valence-corrected chi connectivity index (χ1v) is 11.2. The van der Waals surface area contributed by atoms with Crippen molar-refractivity contribution < 1.29 is 14.4 Å². The summed E-state index contributed by atoms with van der Waals surface area (Å²) >= 11 is 6.25. The van der Waals surface area contributed by atoms with E-state index in [0.29, 0.717) is 11.6 Å². The minimum absolute atomic E-state index is 0.260. The zero-order valence-electron chi connectivity index (χ0n) is 18.1. The fourth-order valence-electron chi connectivity index (χ4n) is 3.77. The van der Waals surface area contributed by atoms with Crippen molar-refractivity contribution in [2.45, 2.75) is 25.9 Å². The highest BCUT2D eigenvalue weighted by Gasteiger charge is 2.21. The number of hydrogen-bond acceptors (Lipinski definition) is 5. The van der Waals surface area contributed by atoms with Gasteiger partial charge in [0.05, 0.1) is 17.1 Å². The van der Waals surface area contributed by atoms with Crippen molar-refractivity contribution in [2.24, 2.45) is 0 Å². The number of nitrogens with one attached hydrogen (secondary N) is 1. The molecule has 1 N–H and O–H groups in total. The minimum atomic E-state index is -0.678. The van der Waals surface area contributed by atoms with Crippen molar-refractivity contribution in [3.8, 4) is 0 Å². The number of rotatable bonds is 6. The standard InChI is InChI=1S/C25H25ClN4O3/c26-23-11-10-21(29-13-4-5-14-29)15-22(23)24(31)28-33-25(32)30(17-19-7-2-1-3-8-19)18-20-9-6-12-27-16-20/h1-3,6-12,15-16H,4-5,13-14,17-18H2,(H,28,31). The molecule has 0 atom stereocenters. The Hall–Kier alpha value is -3.58. The van der Waals surface area contributed by atoms with Gasteiger partial charge >= 0.3 is 6.09 Å². The lowest BCUT2D eigenvalue weighted by molar-refractivity contribution is 0.0397. The molecule has 1 saturated heterocycles. The predicted molar refractivity (Wildman–Crippen MR) is 127 cm³/mol. The van der Waals surface area contributed by atoms with Gasteiger partial charge in [-0.25, -0.2) is 4.79 Å². The van der Waals surface area contributed by atoms with Crippen molar-refractivity contribution in [3.05, 3.63) is 94.8 Å². The van der Waals surface area contributed by atoms with E-state index in [4.69, 9.17) is 16.4 Å². The summed E-state index contributed by atoms with van der Waals surface area (Å²) in [4.78, 5) is 38.6. The monoisotopic (exact) mass is 464 g/mol. The van der Waals surface area contributed by atoms with E-state index in [1.165, 1.54) is 4.90 Å². The van der Waals surface area contributed by atoms with Crippen molar-refractivity contribution in [1.29, 1.82) is 0 Å². The van der Waals surface area contributed by atoms with Crippen LogP contribution in [0.4, 0.5) is 10.5 Å². The number of halogens is 1. The number of anilines is 1. The number of carbonyl (C=O) groups excluding carboxylic acids is 2. The summed E-state index contributed by atoms with van der Waals surface area (Å²) in [5.74, 6) is -0.574. The van der Waals surface area contributed by atoms with Crippen LogP contribution < -0.4 is 10.4 Å². The molecule has 1 fully saturated rings. The SMILES string of the molecule is O=C(NOC(=O)N(Cc1ccccc1)Cc1cccnc1)c1cc(N2CCCC2)ccc1Cl. The molecule has 2 aromatic carbocycles. The van der Waals surface area contributed by atoms with Crippen molar-refractivity contribution in [2.75, 3.05) is 18.0 Å². The molecule has 1 aromatic heterocycles. The predicted octanol–water partition coefficient (Wildman–Crippen LogP) is 4.82. The lowest BCUT2D eigenvalue weighted by Gasteiger charge is -2.22. The van der Waals surface area contributed by atoms with Crippen LogP contribution in [0.25, 0.3) is 0 Å². The normalized spacial score (nSPS) is 12.9. The van der Waals surface area contributed by atoms with Crippen molar-refractivity contribution in [1.82, 2.24) is 15.4 Å². The Morgan fingerprint density at radius 1 is 1.00 bits per heavy atom. The summed E-state index contributed by atoms with van der Waals surface area (Å²) in [5.41, 5.74) is 5.23. The number of carbonyl (C=O) groups is 2. The minimum Gasteiger partial charge on any atom is -0.372 e. The Morgan fingerprint density at radius 3 is 2.45 bits per heavy atom. The van der Waals surface area contributed by atoms with E-state index in [-0.39, 0.29) is 12.1 Å². The zero-order chi connectivity index (χ0) is 23.0. The largest absolute Gasteiger partial charge is 0.434 e. The number of nitrogens with zero attached hydrogens (tertiary/aromatic N) is 3. The summed E-state index contributed by atoms with van der Waals surface area (Å²) in [6.07, 6.45) is 4.92. The maximum Gasteiger partial charge on any atom is 0.434 e. The first-order chi connectivity index (χ1) is 16.1. The second-order valence-corrected chi connectivity index (χ2v) is 8.27. The van der Waals surface area contributed by atoms with Crippen LogP contribution in [0.3, 0.4) is 0 Å². The van der Waals surface area contributed by atoms with Crippen molar-refractivity contribution >= 4 is 29.3 Å². The molecule has 0 spiro atoms. The van der Waals surface area contributed by atoms with Gasteiger partial charge in [-0.2, -0.15) is 5.48 Å². The van der Waals surface area contributed by atoms with Crippen molar-refractivity contribution in [3.63, 3.8) is 0 Å². The van der Waals surface area contributed by atoms with Crippen LogP contribution in [-0.4, -0.2) is 35.0 Å². The topological polar surface area (TPSA) is 74.8 Å². The average molecular weight is 465 g/mol. The maximum atomic E-state index is 12.9. The third-order valence-electron chi connectivity index (χ3n) is 5.47. The van der Waals surface area contributed by atoms with E-state index in [1.807, 2.05) is 42.5 Å². The molecule has 0 aliphatic carbocycles. The fourth-order valence-corrected chi connectivity index (χ4v) is 3.97. The summed E-state index contributed by atoms with van der Waals surface area (Å²) in [6.45, 7) is 2.49. The molecule has 0 saturated carbocycles. The third-order valence-corrected chi connectivity index (χ3v) is 5.80. The highest BCUT2D eigenvalue weighted by atomic mass is 35.5. The van der Waals surface area contributed by atoms with Gasteiger partial charge in [-0.15, -0.1) is 0 Å². The summed E-state index contributed by atoms with van der Waals surface area (Å²) in [5, 5.41) is 0.294. The average Bonchev–Trinajstić information content (AvgIpc) is 3.38. The molecule has 0 radical (unpaired) electrons. The number of hydrogen-bond donors (Lipinski definition) is 1. The molecular formula is C25H25ClN4O3. The Kier molecular flexibility index (Phi) is 7.42. The Labute approximate surface area is 197 Å². The Balaban J connectivity index is 1.44. The van der Waals surface area contributed by atoms with E-state index < -0.39 is 12.0 Å². The van der Waals surface area contributed by atoms with Crippen LogP contribution in [0.1, 0.15) is 34.3 Å². The quantitative estimate of drug-likeness (QED) is 0.529. The first-order valence-electron chi connectivity index (χ1n) is 10.8. The van der Waals surface area contributed by atoms with Gasteiger partial charge in [-0.05, 0) is 48.2 Å². The molecule has 1 aliphatic heterocycles. The molecule has 3 aromatic rings. The molecule has 0 bridgehead atoms. The van der Waals surface area contributed by atoms with Gasteiger partial charge in [-0.1, -0.05) is 48.0 Å². The van der Waals surface area contributed by atoms with Gasteiger partial charge < -0.3 is 9.74 Å². The second-order valence-electron chi connectivity index (χ2n) is 7.86. The number of amides is 2. The van der Waals surface area contributed by atoms with Crippen LogP contribution in [0, 0.1) is 0 Å². The Bertz CT molecular complexity index is 1050. The molecule has 1 aliphatic rings. The van der Waals surface area contributed by atoms with E-state index in [0.717, 1.165) is 42.7 Å². The van der Waals surface area contributed by atoms with Crippen LogP contribution in [-0.2, 0) is 17.9 Å². The van der Waals surface area contributed by atoms with Gasteiger partial charge in [0.2, 0.25) is 0 Å². The summed E-state index contributed by atoms with van der Waals surface area (Å²) in [6, 6.07) is 18.6. The molecule has 8 heteroatoms. The van der Waals surface area contributed by atoms with Crippen LogP contribution in [0.2, 0.25) is 5.02 Å². The van der Waals surface area contributed by atoms with Gasteiger partial charge in [-0.3, -0.25) is 14.7 Å². The number of aromatic nitrogens is 1. The van der Waals surface area contributed by atoms with Crippen LogP contribution in [0.15, 0.2) is 73.1 Å². The third kappa shape index (κ3) is 6.02. The molecular weight excluding hydrogens is 440 g/mol. The molecule has 2 heterocycles. The van der Waals surface area contributed by atoms with E-state index in [2.05, 4.69) is 15.4 Å². The fraction of sp³-hybridized carbons (Fsp3) is 0.240. The smallest absolute Gasteiger partial charge is 0.372 e. The number of pyridine rings is 1. The number of hydroxylamine groups is 1. The molecule has 0 unspecified atom stereocenters. The highest BCUT2D eigenvalue weighted by Crippen LogP contribution is 2.26. The van der Waals surface area contributed by atoms with Crippen LogP contribution in [0.5, 0.6) is 0 Å². The molecule has 170 valence electrons. The van der Waals surface area contributed by atoms with E-state index >= 15 is 0 Å². The number of benzene rings is 2. The molecule has 7 nitrogen and oxygen atoms in total. The maximum absolute atomic E-state index is 12.9. The van der Waals surface area contributed by atoms with E-state index in [9.17, 15) is 9.59 Å². The van der Waals surface area contributed by atoms with Crippen LogP contribution >= 0.6 is 11.6 Å². The van der Waals surface area contributed by atoms with Gasteiger partial charge in [0.25, 0.3) is 5.91 Å². The van der Waals surface area contributed by atoms with Gasteiger partial charge in [0, 0.05) is 37.7 Å².